The molecule has 3 aromatic carbocycles. The van der Waals surface area contributed by atoms with Crippen molar-refractivity contribution < 1.29 is 22.8 Å². The molecule has 1 saturated carbocycles. The lowest BCUT2D eigenvalue weighted by Gasteiger charge is -2.35. The quantitative estimate of drug-likeness (QED) is 0.257. The van der Waals surface area contributed by atoms with Crippen LogP contribution in [0.3, 0.4) is 0 Å². The van der Waals surface area contributed by atoms with Crippen LogP contribution in [0.25, 0.3) is 0 Å². The third kappa shape index (κ3) is 9.24. The number of carbonyl (C=O) groups is 3. The maximum Gasteiger partial charge on any atom is 0.244 e. The number of carbonyl (C=O) groups excluding carboxylic acids is 3. The second-order valence-corrected chi connectivity index (χ2v) is 13.9. The molecular formula is C33H38BrN3O5S. The first-order valence-corrected chi connectivity index (χ1v) is 17.1. The number of sulfonamides is 1. The lowest BCUT2D eigenvalue weighted by molar-refractivity contribution is -0.140. The van der Waals surface area contributed by atoms with E-state index in [2.05, 4.69) is 21.2 Å². The van der Waals surface area contributed by atoms with Gasteiger partial charge in [0.25, 0.3) is 0 Å². The minimum atomic E-state index is -3.93. The van der Waals surface area contributed by atoms with Gasteiger partial charge < -0.3 is 10.2 Å². The maximum atomic E-state index is 14.3. The van der Waals surface area contributed by atoms with Gasteiger partial charge in [-0.15, -0.1) is 0 Å². The molecule has 1 atom stereocenters. The summed E-state index contributed by atoms with van der Waals surface area (Å²) >= 11 is 3.45. The summed E-state index contributed by atoms with van der Waals surface area (Å²) in [6, 6.07) is 22.3. The smallest absolute Gasteiger partial charge is 0.244 e. The lowest BCUT2D eigenvalue weighted by atomic mass is 9.94. The Morgan fingerprint density at radius 2 is 1.58 bits per heavy atom. The zero-order valence-electron chi connectivity index (χ0n) is 24.5. The third-order valence-electron chi connectivity index (χ3n) is 7.71. The zero-order chi connectivity index (χ0) is 31.0. The van der Waals surface area contributed by atoms with Crippen LogP contribution in [0.4, 0.5) is 5.69 Å². The predicted octanol–water partition coefficient (Wildman–Crippen LogP) is 5.51. The van der Waals surface area contributed by atoms with Crippen LogP contribution in [-0.2, 0) is 32.6 Å². The van der Waals surface area contributed by atoms with Crippen LogP contribution in [0.2, 0.25) is 0 Å². The van der Waals surface area contributed by atoms with E-state index in [0.717, 1.165) is 58.3 Å². The van der Waals surface area contributed by atoms with Crippen LogP contribution in [0, 0.1) is 0 Å². The van der Waals surface area contributed by atoms with Crippen molar-refractivity contribution in [2.24, 2.45) is 0 Å². The molecule has 43 heavy (non-hydrogen) atoms. The van der Waals surface area contributed by atoms with Gasteiger partial charge in [0.05, 0.1) is 11.9 Å². The molecule has 3 aromatic rings. The van der Waals surface area contributed by atoms with Crippen molar-refractivity contribution >= 4 is 49.2 Å². The summed E-state index contributed by atoms with van der Waals surface area (Å²) in [5.41, 5.74) is 2.22. The third-order valence-corrected chi connectivity index (χ3v) is 9.38. The fraction of sp³-hybridized carbons (Fsp3) is 0.364. The molecule has 8 nitrogen and oxygen atoms in total. The summed E-state index contributed by atoms with van der Waals surface area (Å²) in [5.74, 6) is -1.01. The lowest BCUT2D eigenvalue weighted by Crippen LogP contribution is -2.55. The van der Waals surface area contributed by atoms with Gasteiger partial charge in [-0.3, -0.25) is 18.7 Å². The van der Waals surface area contributed by atoms with Gasteiger partial charge in [-0.1, -0.05) is 89.8 Å². The SMILES string of the molecule is CC(=O)c1cccc(N(CC(=O)N(Cc2ccc(Br)cc2)[C@H](Cc2ccccc2)C(=O)NC2CCCCC2)S(C)(=O)=O)c1. The van der Waals surface area contributed by atoms with Gasteiger partial charge >= 0.3 is 0 Å². The molecule has 1 N–H and O–H groups in total. The normalized spacial score (nSPS) is 14.5. The van der Waals surface area contributed by atoms with Gasteiger partial charge in [0.1, 0.15) is 12.6 Å². The van der Waals surface area contributed by atoms with Crippen LogP contribution >= 0.6 is 15.9 Å². The van der Waals surface area contributed by atoms with Crippen molar-refractivity contribution in [3.63, 3.8) is 0 Å². The first-order chi connectivity index (χ1) is 20.5. The Hall–Kier alpha value is -3.50. The minimum absolute atomic E-state index is 0.0333. The average molecular weight is 669 g/mol. The van der Waals surface area contributed by atoms with E-state index in [-0.39, 0.29) is 36.4 Å². The molecule has 0 aromatic heterocycles. The molecule has 0 spiro atoms. The van der Waals surface area contributed by atoms with Crippen molar-refractivity contribution in [1.29, 1.82) is 0 Å². The molecule has 0 aliphatic heterocycles. The van der Waals surface area contributed by atoms with E-state index in [1.54, 1.807) is 18.2 Å². The highest BCUT2D eigenvalue weighted by Crippen LogP contribution is 2.23. The van der Waals surface area contributed by atoms with Crippen molar-refractivity contribution in [3.05, 3.63) is 100 Å². The number of anilines is 1. The fourth-order valence-corrected chi connectivity index (χ4v) is 6.48. The molecule has 10 heteroatoms. The Morgan fingerprint density at radius 1 is 0.907 bits per heavy atom. The Kier molecular flexibility index (Phi) is 11.2. The Balaban J connectivity index is 1.73. The summed E-state index contributed by atoms with van der Waals surface area (Å²) < 4.78 is 27.9. The van der Waals surface area contributed by atoms with Crippen LogP contribution in [0.15, 0.2) is 83.3 Å². The Bertz CT molecular complexity index is 1520. The Labute approximate surface area is 262 Å². The second-order valence-electron chi connectivity index (χ2n) is 11.1. The highest BCUT2D eigenvalue weighted by Gasteiger charge is 2.34. The minimum Gasteiger partial charge on any atom is -0.352 e. The van der Waals surface area contributed by atoms with Gasteiger partial charge in [0, 0.05) is 29.0 Å². The first kappa shape index (κ1) is 32.4. The largest absolute Gasteiger partial charge is 0.352 e. The molecule has 1 fully saturated rings. The molecule has 0 saturated heterocycles. The molecule has 0 unspecified atom stereocenters. The number of nitrogens with one attached hydrogen (secondary N) is 1. The molecule has 0 heterocycles. The van der Waals surface area contributed by atoms with Gasteiger partial charge in [-0.25, -0.2) is 8.42 Å². The fourth-order valence-electron chi connectivity index (χ4n) is 5.38. The maximum absolute atomic E-state index is 14.3. The van der Waals surface area contributed by atoms with E-state index < -0.39 is 28.5 Å². The molecule has 228 valence electrons. The van der Waals surface area contributed by atoms with E-state index in [9.17, 15) is 22.8 Å². The van der Waals surface area contributed by atoms with Gasteiger partial charge in [-0.05, 0) is 55.2 Å². The molecular weight excluding hydrogens is 630 g/mol. The average Bonchev–Trinajstić information content (AvgIpc) is 2.99. The van der Waals surface area contributed by atoms with E-state index in [1.165, 1.54) is 17.9 Å². The standard InChI is InChI=1S/C33H38BrN3O5S/c1-24(38)27-12-9-15-30(21-27)37(43(2,41)42)23-32(39)36(22-26-16-18-28(34)19-17-26)31(20-25-10-5-3-6-11-25)33(40)35-29-13-7-4-8-14-29/h3,5-6,9-12,15-19,21,29,31H,4,7-8,13-14,20,22-23H2,1-2H3,(H,35,40)/t31-/m1/s1. The summed E-state index contributed by atoms with van der Waals surface area (Å²) in [6.45, 7) is 0.972. The number of halogens is 1. The predicted molar refractivity (Wildman–Crippen MR) is 172 cm³/mol. The number of hydrogen-bond acceptors (Lipinski definition) is 5. The van der Waals surface area contributed by atoms with Crippen molar-refractivity contribution in [1.82, 2.24) is 10.2 Å². The number of benzene rings is 3. The van der Waals surface area contributed by atoms with Crippen molar-refractivity contribution in [2.45, 2.75) is 64.1 Å². The Morgan fingerprint density at radius 3 is 2.21 bits per heavy atom. The van der Waals surface area contributed by atoms with Gasteiger partial charge in [0.15, 0.2) is 5.78 Å². The number of amides is 2. The summed E-state index contributed by atoms with van der Waals surface area (Å²) in [4.78, 5) is 41.8. The van der Waals surface area contributed by atoms with Gasteiger partial charge in [0.2, 0.25) is 21.8 Å². The summed E-state index contributed by atoms with van der Waals surface area (Å²) in [5, 5.41) is 3.19. The number of ketones is 1. The number of Topliss-reactive ketones (excluding diaryl/α,β-unsaturated/α-hetero) is 1. The van der Waals surface area contributed by atoms with Crippen LogP contribution < -0.4 is 9.62 Å². The van der Waals surface area contributed by atoms with E-state index >= 15 is 0 Å². The van der Waals surface area contributed by atoms with E-state index in [4.69, 9.17) is 0 Å². The van der Waals surface area contributed by atoms with Crippen LogP contribution in [0.1, 0.15) is 60.5 Å². The van der Waals surface area contributed by atoms with E-state index in [0.29, 0.717) is 5.56 Å². The molecule has 4 rings (SSSR count). The highest BCUT2D eigenvalue weighted by molar-refractivity contribution is 9.10. The molecule has 0 bridgehead atoms. The number of hydrogen-bond donors (Lipinski definition) is 1. The van der Waals surface area contributed by atoms with Crippen molar-refractivity contribution in [2.75, 3.05) is 17.1 Å². The molecule has 2 amide bonds. The zero-order valence-corrected chi connectivity index (χ0v) is 26.9. The van der Waals surface area contributed by atoms with Crippen LogP contribution in [0.5, 0.6) is 0 Å². The second kappa shape index (κ2) is 14.8. The van der Waals surface area contributed by atoms with Gasteiger partial charge in [-0.2, -0.15) is 0 Å². The first-order valence-electron chi connectivity index (χ1n) is 14.5. The van der Waals surface area contributed by atoms with E-state index in [1.807, 2.05) is 54.6 Å². The molecule has 1 aliphatic carbocycles. The number of nitrogens with zero attached hydrogens (tertiary/aromatic N) is 2. The monoisotopic (exact) mass is 667 g/mol. The molecule has 1 aliphatic rings. The highest BCUT2D eigenvalue weighted by atomic mass is 79.9. The molecule has 0 radical (unpaired) electrons. The summed E-state index contributed by atoms with van der Waals surface area (Å²) in [6.07, 6.45) is 6.28. The summed E-state index contributed by atoms with van der Waals surface area (Å²) in [7, 11) is -3.93. The van der Waals surface area contributed by atoms with Crippen molar-refractivity contribution in [3.8, 4) is 0 Å². The topological polar surface area (TPSA) is 104 Å². The van der Waals surface area contributed by atoms with Crippen LogP contribution in [-0.4, -0.2) is 55.8 Å². The number of rotatable bonds is 12.